The summed E-state index contributed by atoms with van der Waals surface area (Å²) in [6.07, 6.45) is 5.55. The molecule has 3 fully saturated rings. The largest absolute Gasteiger partial charge is 0.488 e. The van der Waals surface area contributed by atoms with Gasteiger partial charge in [-0.15, -0.1) is 0 Å². The number of nitrogens with zero attached hydrogens (tertiary/aromatic N) is 4. The Hall–Kier alpha value is -3.00. The zero-order chi connectivity index (χ0) is 21.8. The summed E-state index contributed by atoms with van der Waals surface area (Å²) in [5.41, 5.74) is 3.78. The number of morpholine rings is 1. The van der Waals surface area contributed by atoms with Gasteiger partial charge in [0.1, 0.15) is 30.1 Å². The van der Waals surface area contributed by atoms with Gasteiger partial charge in [0.25, 0.3) is 0 Å². The molecule has 0 unspecified atom stereocenters. The van der Waals surface area contributed by atoms with E-state index < -0.39 is 0 Å². The number of carbonyl (C=O) groups is 1. The summed E-state index contributed by atoms with van der Waals surface area (Å²) in [5, 5.41) is 2.94. The molecule has 0 radical (unpaired) electrons. The van der Waals surface area contributed by atoms with E-state index in [0.717, 1.165) is 67.3 Å². The molecule has 166 valence electrons. The topological polar surface area (TPSA) is 88.9 Å². The van der Waals surface area contributed by atoms with Gasteiger partial charge >= 0.3 is 0 Å². The number of rotatable bonds is 4. The fourth-order valence-electron chi connectivity index (χ4n) is 4.70. The number of carbonyl (C=O) groups excluding carboxylic acids is 1. The number of hydrogen-bond acceptors (Lipinski definition) is 7. The molecule has 1 aliphatic carbocycles. The minimum atomic E-state index is -0.247. The first-order chi connectivity index (χ1) is 15.5. The molecule has 1 saturated carbocycles. The van der Waals surface area contributed by atoms with Crippen LogP contribution in [0.3, 0.4) is 0 Å². The summed E-state index contributed by atoms with van der Waals surface area (Å²) in [6, 6.07) is 8.30. The van der Waals surface area contributed by atoms with E-state index in [1.54, 1.807) is 6.33 Å². The third kappa shape index (κ3) is 3.62. The Morgan fingerprint density at radius 2 is 1.97 bits per heavy atom. The molecule has 1 spiro atoms. The Labute approximate surface area is 187 Å². The molecule has 0 atom stereocenters. The highest BCUT2D eigenvalue weighted by atomic mass is 16.5. The lowest BCUT2D eigenvalue weighted by Gasteiger charge is -2.43. The smallest absolute Gasteiger partial charge is 0.246 e. The summed E-state index contributed by atoms with van der Waals surface area (Å²) < 4.78 is 12.1. The van der Waals surface area contributed by atoms with Gasteiger partial charge < -0.3 is 19.7 Å². The van der Waals surface area contributed by atoms with E-state index in [4.69, 9.17) is 14.5 Å². The molecule has 1 amide bonds. The predicted molar refractivity (Wildman–Crippen MR) is 119 cm³/mol. The van der Waals surface area contributed by atoms with E-state index in [1.165, 1.54) is 5.56 Å². The Balaban J connectivity index is 1.19. The second-order valence-corrected chi connectivity index (χ2v) is 9.53. The normalized spacial score (nSPS) is 22.8. The Morgan fingerprint density at radius 3 is 2.72 bits per heavy atom. The molecule has 32 heavy (non-hydrogen) atoms. The number of hydrogen-bond donors (Lipinski definition) is 1. The van der Waals surface area contributed by atoms with Crippen LogP contribution in [0.25, 0.3) is 0 Å². The zero-order valence-corrected chi connectivity index (χ0v) is 18.3. The second kappa shape index (κ2) is 7.27. The van der Waals surface area contributed by atoms with E-state index in [0.29, 0.717) is 13.1 Å². The molecule has 6 rings (SSSR count). The SMILES string of the molecule is CC1(Oc2ccc3c(c2)C(c2cc(N4CCC5(CC4)CNC(=O)CO5)ncn2)=NC3)CC1. The summed E-state index contributed by atoms with van der Waals surface area (Å²) >= 11 is 0. The van der Waals surface area contributed by atoms with E-state index in [9.17, 15) is 4.79 Å². The highest BCUT2D eigenvalue weighted by Gasteiger charge is 2.41. The molecule has 3 aliphatic heterocycles. The molecular formula is C24H27N5O3. The van der Waals surface area contributed by atoms with Crippen LogP contribution in [-0.4, -0.2) is 59.0 Å². The number of amides is 1. The fraction of sp³-hybridized carbons (Fsp3) is 0.500. The number of piperidine rings is 1. The molecule has 0 bridgehead atoms. The predicted octanol–water partition coefficient (Wildman–Crippen LogP) is 2.24. The van der Waals surface area contributed by atoms with Crippen LogP contribution < -0.4 is 15.0 Å². The number of anilines is 1. The van der Waals surface area contributed by atoms with Crippen molar-refractivity contribution in [2.45, 2.75) is 50.4 Å². The summed E-state index contributed by atoms with van der Waals surface area (Å²) in [4.78, 5) is 27.6. The van der Waals surface area contributed by atoms with Crippen molar-refractivity contribution in [1.82, 2.24) is 15.3 Å². The van der Waals surface area contributed by atoms with Crippen LogP contribution in [0.1, 0.15) is 49.4 Å². The Morgan fingerprint density at radius 1 is 1.12 bits per heavy atom. The van der Waals surface area contributed by atoms with Gasteiger partial charge in [-0.1, -0.05) is 6.07 Å². The average molecular weight is 434 g/mol. The minimum absolute atomic E-state index is 0.0112. The van der Waals surface area contributed by atoms with Gasteiger partial charge in [0.15, 0.2) is 0 Å². The second-order valence-electron chi connectivity index (χ2n) is 9.53. The van der Waals surface area contributed by atoms with Crippen molar-refractivity contribution in [2.24, 2.45) is 4.99 Å². The van der Waals surface area contributed by atoms with Gasteiger partial charge in [0.2, 0.25) is 5.91 Å². The average Bonchev–Trinajstić information content (AvgIpc) is 3.38. The van der Waals surface area contributed by atoms with Crippen LogP contribution in [-0.2, 0) is 16.1 Å². The maximum Gasteiger partial charge on any atom is 0.246 e. The van der Waals surface area contributed by atoms with Gasteiger partial charge in [0, 0.05) is 31.3 Å². The van der Waals surface area contributed by atoms with Crippen LogP contribution in [0.5, 0.6) is 5.75 Å². The van der Waals surface area contributed by atoms with Crippen LogP contribution in [0.2, 0.25) is 0 Å². The van der Waals surface area contributed by atoms with Gasteiger partial charge in [-0.25, -0.2) is 9.97 Å². The molecule has 4 aliphatic rings. The first-order valence-electron chi connectivity index (χ1n) is 11.4. The standard InChI is InChI=1S/C24H27N5O3/c1-23(4-5-23)32-17-3-2-16-12-25-22(18(16)10-17)19-11-20(28-15-27-19)29-8-6-24(7-9-29)14-26-21(30)13-31-24/h2-3,10-11,15H,4-9,12-14H2,1H3,(H,26,30). The monoisotopic (exact) mass is 433 g/mol. The molecular weight excluding hydrogens is 406 g/mol. The number of ether oxygens (including phenoxy) is 2. The van der Waals surface area contributed by atoms with Crippen molar-refractivity contribution in [2.75, 3.05) is 31.1 Å². The minimum Gasteiger partial charge on any atom is -0.488 e. The van der Waals surface area contributed by atoms with E-state index in [-0.39, 0.29) is 23.7 Å². The number of fused-ring (bicyclic) bond motifs is 1. The van der Waals surface area contributed by atoms with E-state index >= 15 is 0 Å². The summed E-state index contributed by atoms with van der Waals surface area (Å²) in [6.45, 7) is 5.21. The van der Waals surface area contributed by atoms with Crippen molar-refractivity contribution in [3.8, 4) is 5.75 Å². The van der Waals surface area contributed by atoms with Gasteiger partial charge in [0.05, 0.1) is 23.6 Å². The molecule has 1 aromatic carbocycles. The van der Waals surface area contributed by atoms with Crippen molar-refractivity contribution < 1.29 is 14.3 Å². The van der Waals surface area contributed by atoms with E-state index in [1.807, 2.05) is 12.1 Å². The Bertz CT molecular complexity index is 1090. The maximum absolute atomic E-state index is 11.4. The van der Waals surface area contributed by atoms with Crippen LogP contribution >= 0.6 is 0 Å². The first kappa shape index (κ1) is 19.7. The fourth-order valence-corrected chi connectivity index (χ4v) is 4.70. The van der Waals surface area contributed by atoms with Crippen LogP contribution in [0.4, 0.5) is 5.82 Å². The molecule has 8 heteroatoms. The number of nitrogens with one attached hydrogen (secondary N) is 1. The van der Waals surface area contributed by atoms with Crippen LogP contribution in [0, 0.1) is 0 Å². The summed E-state index contributed by atoms with van der Waals surface area (Å²) in [7, 11) is 0. The van der Waals surface area contributed by atoms with Crippen molar-refractivity contribution in [3.05, 3.63) is 47.4 Å². The molecule has 1 aromatic heterocycles. The first-order valence-corrected chi connectivity index (χ1v) is 11.4. The van der Waals surface area contributed by atoms with Crippen molar-refractivity contribution in [1.29, 1.82) is 0 Å². The third-order valence-corrected chi connectivity index (χ3v) is 7.07. The maximum atomic E-state index is 11.4. The molecule has 4 heterocycles. The van der Waals surface area contributed by atoms with Crippen molar-refractivity contribution in [3.63, 3.8) is 0 Å². The molecule has 2 aromatic rings. The highest BCUT2D eigenvalue weighted by molar-refractivity contribution is 6.14. The number of aromatic nitrogens is 2. The van der Waals surface area contributed by atoms with Gasteiger partial charge in [-0.2, -0.15) is 0 Å². The summed E-state index contributed by atoms with van der Waals surface area (Å²) in [5.74, 6) is 1.77. The number of benzene rings is 1. The Kier molecular flexibility index (Phi) is 4.47. The number of aliphatic imine (C=N–C) groups is 1. The van der Waals surface area contributed by atoms with Gasteiger partial charge in [-0.05, 0) is 50.3 Å². The van der Waals surface area contributed by atoms with Crippen molar-refractivity contribution >= 4 is 17.4 Å². The molecule has 8 nitrogen and oxygen atoms in total. The zero-order valence-electron chi connectivity index (χ0n) is 18.3. The quantitative estimate of drug-likeness (QED) is 0.796. The molecule has 2 saturated heterocycles. The highest BCUT2D eigenvalue weighted by Crippen LogP contribution is 2.40. The lowest BCUT2D eigenvalue weighted by atomic mass is 9.90. The lowest BCUT2D eigenvalue weighted by molar-refractivity contribution is -0.146. The van der Waals surface area contributed by atoms with Crippen LogP contribution in [0.15, 0.2) is 35.6 Å². The van der Waals surface area contributed by atoms with Gasteiger partial charge in [-0.3, -0.25) is 9.79 Å². The van der Waals surface area contributed by atoms with E-state index in [2.05, 4.69) is 39.2 Å². The third-order valence-electron chi connectivity index (χ3n) is 7.07. The lowest BCUT2D eigenvalue weighted by Crippen LogP contribution is -2.57. The molecule has 1 N–H and O–H groups in total.